The summed E-state index contributed by atoms with van der Waals surface area (Å²) >= 11 is 0. The molecule has 102 valence electrons. The maximum absolute atomic E-state index is 12.1. The second-order valence-corrected chi connectivity index (χ2v) is 4.66. The van der Waals surface area contributed by atoms with E-state index in [0.717, 1.165) is 0 Å². The van der Waals surface area contributed by atoms with Crippen LogP contribution < -0.4 is 5.73 Å². The van der Waals surface area contributed by atoms with Gasteiger partial charge in [-0.05, 0) is 6.42 Å². The Morgan fingerprint density at radius 1 is 0.850 bits per heavy atom. The molecule has 20 heavy (non-hydrogen) atoms. The maximum Gasteiger partial charge on any atom is 0.179 e. The Balaban J connectivity index is 1.91. The molecular formula is C17H17NO2. The normalized spacial score (nSPS) is 11.8. The van der Waals surface area contributed by atoms with Crippen molar-refractivity contribution in [3.8, 4) is 0 Å². The molecule has 2 aromatic rings. The second kappa shape index (κ2) is 6.78. The van der Waals surface area contributed by atoms with Crippen molar-refractivity contribution in [2.75, 3.05) is 0 Å². The number of Topliss-reactive ketones (excluding diaryl/α,β-unsaturated/α-hetero) is 2. The van der Waals surface area contributed by atoms with E-state index < -0.39 is 6.04 Å². The van der Waals surface area contributed by atoms with E-state index >= 15 is 0 Å². The Morgan fingerprint density at radius 2 is 1.35 bits per heavy atom. The van der Waals surface area contributed by atoms with Crippen molar-refractivity contribution in [2.45, 2.75) is 18.9 Å². The first kappa shape index (κ1) is 14.2. The van der Waals surface area contributed by atoms with E-state index in [2.05, 4.69) is 0 Å². The number of hydrogen-bond donors (Lipinski definition) is 1. The van der Waals surface area contributed by atoms with Gasteiger partial charge in [0.05, 0.1) is 6.04 Å². The van der Waals surface area contributed by atoms with Crippen molar-refractivity contribution in [2.24, 2.45) is 5.73 Å². The van der Waals surface area contributed by atoms with Crippen LogP contribution in [0.2, 0.25) is 0 Å². The first-order chi connectivity index (χ1) is 9.68. The lowest BCUT2D eigenvalue weighted by Crippen LogP contribution is -2.31. The molecule has 0 heterocycles. The van der Waals surface area contributed by atoms with Gasteiger partial charge in [-0.1, -0.05) is 60.7 Å². The molecule has 0 saturated carbocycles. The van der Waals surface area contributed by atoms with Gasteiger partial charge in [-0.3, -0.25) is 9.59 Å². The van der Waals surface area contributed by atoms with E-state index in [-0.39, 0.29) is 18.0 Å². The summed E-state index contributed by atoms with van der Waals surface area (Å²) in [6, 6.07) is 17.3. The molecule has 1 atom stereocenters. The average Bonchev–Trinajstić information content (AvgIpc) is 2.53. The lowest BCUT2D eigenvalue weighted by Gasteiger charge is -2.10. The van der Waals surface area contributed by atoms with Gasteiger partial charge in [-0.15, -0.1) is 0 Å². The standard InChI is InChI=1S/C17H17NO2/c18-15(17(20)14-9-5-2-6-10-14)11-12-16(19)13-7-3-1-4-8-13/h1-10,15H,11-12,18H2. The highest BCUT2D eigenvalue weighted by Crippen LogP contribution is 2.10. The molecule has 3 heteroatoms. The first-order valence-corrected chi connectivity index (χ1v) is 6.61. The predicted octanol–water partition coefficient (Wildman–Crippen LogP) is 2.86. The highest BCUT2D eigenvalue weighted by molar-refractivity contribution is 6.01. The van der Waals surface area contributed by atoms with E-state index in [1.54, 1.807) is 36.4 Å². The van der Waals surface area contributed by atoms with E-state index in [0.29, 0.717) is 17.5 Å². The quantitative estimate of drug-likeness (QED) is 0.819. The summed E-state index contributed by atoms with van der Waals surface area (Å²) in [4.78, 5) is 24.0. The van der Waals surface area contributed by atoms with E-state index in [1.165, 1.54) is 0 Å². The number of carbonyl (C=O) groups excluding carboxylic acids is 2. The van der Waals surface area contributed by atoms with Crippen molar-refractivity contribution in [3.63, 3.8) is 0 Å². The molecule has 2 N–H and O–H groups in total. The Hall–Kier alpha value is -2.26. The minimum absolute atomic E-state index is 0.0157. The van der Waals surface area contributed by atoms with Gasteiger partial charge < -0.3 is 5.73 Å². The van der Waals surface area contributed by atoms with E-state index in [9.17, 15) is 9.59 Å². The fourth-order valence-corrected chi connectivity index (χ4v) is 2.00. The number of benzene rings is 2. The van der Waals surface area contributed by atoms with Gasteiger partial charge in [0.2, 0.25) is 0 Å². The molecular weight excluding hydrogens is 250 g/mol. The smallest absolute Gasteiger partial charge is 0.179 e. The van der Waals surface area contributed by atoms with Crippen molar-refractivity contribution in [1.82, 2.24) is 0 Å². The van der Waals surface area contributed by atoms with Gasteiger partial charge in [-0.25, -0.2) is 0 Å². The van der Waals surface area contributed by atoms with E-state index in [4.69, 9.17) is 5.73 Å². The fraction of sp³-hybridized carbons (Fsp3) is 0.176. The number of nitrogens with two attached hydrogens (primary N) is 1. The molecule has 0 aromatic heterocycles. The summed E-state index contributed by atoms with van der Waals surface area (Å²) < 4.78 is 0. The zero-order valence-corrected chi connectivity index (χ0v) is 11.2. The molecule has 0 spiro atoms. The number of hydrogen-bond acceptors (Lipinski definition) is 3. The largest absolute Gasteiger partial charge is 0.321 e. The molecule has 2 rings (SSSR count). The van der Waals surface area contributed by atoms with Gasteiger partial charge in [0.25, 0.3) is 0 Å². The zero-order valence-electron chi connectivity index (χ0n) is 11.2. The Morgan fingerprint density at radius 3 is 1.90 bits per heavy atom. The van der Waals surface area contributed by atoms with Crippen LogP contribution in [0.15, 0.2) is 60.7 Å². The summed E-state index contributed by atoms with van der Waals surface area (Å²) in [5.74, 6) is -0.103. The second-order valence-electron chi connectivity index (χ2n) is 4.66. The monoisotopic (exact) mass is 267 g/mol. The van der Waals surface area contributed by atoms with Gasteiger partial charge in [0, 0.05) is 17.5 Å². The van der Waals surface area contributed by atoms with Gasteiger partial charge in [-0.2, -0.15) is 0 Å². The highest BCUT2D eigenvalue weighted by atomic mass is 16.1. The minimum atomic E-state index is -0.634. The van der Waals surface area contributed by atoms with Gasteiger partial charge >= 0.3 is 0 Å². The van der Waals surface area contributed by atoms with Crippen molar-refractivity contribution in [3.05, 3.63) is 71.8 Å². The Kier molecular flexibility index (Phi) is 4.80. The first-order valence-electron chi connectivity index (χ1n) is 6.61. The number of rotatable bonds is 6. The average molecular weight is 267 g/mol. The van der Waals surface area contributed by atoms with Crippen LogP contribution in [-0.4, -0.2) is 17.6 Å². The molecule has 3 nitrogen and oxygen atoms in total. The van der Waals surface area contributed by atoms with Crippen molar-refractivity contribution in [1.29, 1.82) is 0 Å². The Labute approximate surface area is 118 Å². The van der Waals surface area contributed by atoms with Gasteiger partial charge in [0.1, 0.15) is 0 Å². The van der Waals surface area contributed by atoms with Crippen LogP contribution in [0.25, 0.3) is 0 Å². The Bertz CT molecular complexity index is 578. The summed E-state index contributed by atoms with van der Waals surface area (Å²) in [6.45, 7) is 0. The predicted molar refractivity (Wildman–Crippen MR) is 78.8 cm³/mol. The zero-order chi connectivity index (χ0) is 14.4. The molecule has 0 radical (unpaired) electrons. The molecule has 1 unspecified atom stereocenters. The third-order valence-electron chi connectivity index (χ3n) is 3.17. The highest BCUT2D eigenvalue weighted by Gasteiger charge is 2.17. The molecule has 2 aromatic carbocycles. The SMILES string of the molecule is NC(CCC(=O)c1ccccc1)C(=O)c1ccccc1. The topological polar surface area (TPSA) is 60.2 Å². The number of ketones is 2. The molecule has 0 fully saturated rings. The summed E-state index contributed by atoms with van der Waals surface area (Å²) in [5.41, 5.74) is 7.12. The summed E-state index contributed by atoms with van der Waals surface area (Å²) in [7, 11) is 0. The van der Waals surface area contributed by atoms with Crippen LogP contribution in [-0.2, 0) is 0 Å². The van der Waals surface area contributed by atoms with Crippen LogP contribution in [0.4, 0.5) is 0 Å². The third kappa shape index (κ3) is 3.62. The van der Waals surface area contributed by atoms with Crippen LogP contribution in [0.3, 0.4) is 0 Å². The lowest BCUT2D eigenvalue weighted by atomic mass is 9.98. The van der Waals surface area contributed by atoms with Crippen LogP contribution in [0.1, 0.15) is 33.6 Å². The van der Waals surface area contributed by atoms with E-state index in [1.807, 2.05) is 24.3 Å². The molecule has 0 amide bonds. The summed E-state index contributed by atoms with van der Waals surface area (Å²) in [5, 5.41) is 0. The molecule has 0 aliphatic rings. The molecule has 0 aliphatic heterocycles. The van der Waals surface area contributed by atoms with Crippen molar-refractivity contribution < 1.29 is 9.59 Å². The van der Waals surface area contributed by atoms with Crippen LogP contribution in [0.5, 0.6) is 0 Å². The lowest BCUT2D eigenvalue weighted by molar-refractivity contribution is 0.0938. The molecule has 0 aliphatic carbocycles. The van der Waals surface area contributed by atoms with Crippen molar-refractivity contribution >= 4 is 11.6 Å². The van der Waals surface area contributed by atoms with Crippen LogP contribution in [0, 0.1) is 0 Å². The summed E-state index contributed by atoms with van der Waals surface area (Å²) in [6.07, 6.45) is 0.644. The van der Waals surface area contributed by atoms with Gasteiger partial charge in [0.15, 0.2) is 11.6 Å². The maximum atomic E-state index is 12.1. The molecule has 0 saturated heterocycles. The fourth-order valence-electron chi connectivity index (χ4n) is 2.00. The third-order valence-corrected chi connectivity index (χ3v) is 3.17. The minimum Gasteiger partial charge on any atom is -0.321 e. The molecule has 0 bridgehead atoms. The van der Waals surface area contributed by atoms with Crippen LogP contribution >= 0.6 is 0 Å². The number of carbonyl (C=O) groups is 2.